The molecule has 2 rings (SSSR count). The van der Waals surface area contributed by atoms with Crippen LogP contribution in [0.25, 0.3) is 0 Å². The van der Waals surface area contributed by atoms with Crippen LogP contribution < -0.4 is 11.3 Å². The molecule has 0 saturated heterocycles. The molecule has 3 N–H and O–H groups in total. The summed E-state index contributed by atoms with van der Waals surface area (Å²) >= 11 is 0. The summed E-state index contributed by atoms with van der Waals surface area (Å²) in [4.78, 5) is 4.77. The van der Waals surface area contributed by atoms with Gasteiger partial charge in [-0.05, 0) is 19.3 Å². The molecular weight excluding hydrogens is 226 g/mol. The van der Waals surface area contributed by atoms with Crippen molar-refractivity contribution in [3.05, 3.63) is 17.5 Å². The number of hydrogen-bond donors (Lipinski definition) is 2. The average Bonchev–Trinajstić information content (AvgIpc) is 2.78. The lowest BCUT2D eigenvalue weighted by molar-refractivity contribution is 0.442. The molecule has 1 aromatic rings. The Labute approximate surface area is 108 Å². The van der Waals surface area contributed by atoms with Crippen molar-refractivity contribution in [1.29, 1.82) is 0 Å². The molecule has 5 nitrogen and oxygen atoms in total. The molecule has 0 aromatic carbocycles. The van der Waals surface area contributed by atoms with Crippen molar-refractivity contribution >= 4 is 5.84 Å². The fraction of sp³-hybridized carbons (Fsp3) is 0.692. The van der Waals surface area contributed by atoms with Crippen molar-refractivity contribution in [2.75, 3.05) is 0 Å². The van der Waals surface area contributed by atoms with Crippen LogP contribution in [0.1, 0.15) is 50.3 Å². The monoisotopic (exact) mass is 249 g/mol. The summed E-state index contributed by atoms with van der Waals surface area (Å²) in [6, 6.07) is 0.412. The van der Waals surface area contributed by atoms with E-state index in [1.807, 2.05) is 17.9 Å². The van der Waals surface area contributed by atoms with E-state index < -0.39 is 0 Å². The van der Waals surface area contributed by atoms with Crippen molar-refractivity contribution in [2.24, 2.45) is 17.9 Å². The number of nitrogens with one attached hydrogen (secondary N) is 1. The maximum absolute atomic E-state index is 5.64. The summed E-state index contributed by atoms with van der Waals surface area (Å²) in [5, 5.41) is 4.43. The second kappa shape index (κ2) is 6.00. The molecule has 100 valence electrons. The summed E-state index contributed by atoms with van der Waals surface area (Å²) in [6.45, 7) is 2.10. The molecule has 1 saturated carbocycles. The highest BCUT2D eigenvalue weighted by Crippen LogP contribution is 2.21. The number of amidine groups is 1. The van der Waals surface area contributed by atoms with Gasteiger partial charge in [-0.2, -0.15) is 5.10 Å². The highest BCUT2D eigenvalue weighted by Gasteiger charge is 2.16. The van der Waals surface area contributed by atoms with Crippen molar-refractivity contribution in [1.82, 2.24) is 15.2 Å². The Hall–Kier alpha value is -1.36. The van der Waals surface area contributed by atoms with Crippen molar-refractivity contribution < 1.29 is 0 Å². The fourth-order valence-corrected chi connectivity index (χ4v) is 2.57. The van der Waals surface area contributed by atoms with E-state index in [1.165, 1.54) is 32.1 Å². The highest BCUT2D eigenvalue weighted by molar-refractivity contribution is 5.99. The summed E-state index contributed by atoms with van der Waals surface area (Å²) in [5.41, 5.74) is 4.83. The second-order valence-electron chi connectivity index (χ2n) is 4.93. The van der Waals surface area contributed by atoms with E-state index in [-0.39, 0.29) is 0 Å². The minimum atomic E-state index is 0.412. The normalized spacial score (nSPS) is 18.1. The molecule has 0 aliphatic heterocycles. The molecule has 0 radical (unpaired) electrons. The molecule has 1 heterocycles. The van der Waals surface area contributed by atoms with Crippen LogP contribution in [-0.2, 0) is 13.5 Å². The molecule has 1 aliphatic carbocycles. The first-order valence-electron chi connectivity index (χ1n) is 6.82. The number of hydrazine groups is 1. The van der Waals surface area contributed by atoms with Crippen LogP contribution in [0.15, 0.2) is 11.2 Å². The lowest BCUT2D eigenvalue weighted by Crippen LogP contribution is -2.33. The van der Waals surface area contributed by atoms with E-state index >= 15 is 0 Å². The zero-order valence-electron chi connectivity index (χ0n) is 11.3. The molecular formula is C13H23N5. The fourth-order valence-electron chi connectivity index (χ4n) is 2.57. The number of nitrogens with zero attached hydrogens (tertiary/aromatic N) is 3. The van der Waals surface area contributed by atoms with Gasteiger partial charge in [0.15, 0.2) is 0 Å². The standard InChI is InChI=1S/C13H23N5/c1-3-12-11(9-18(2)17-12)13(16-14)15-10-7-5-4-6-8-10/h9-10H,3-8,14H2,1-2H3,(H,15,16). The smallest absolute Gasteiger partial charge is 0.146 e. The third-order valence-electron chi connectivity index (χ3n) is 3.52. The van der Waals surface area contributed by atoms with Crippen molar-refractivity contribution in [3.8, 4) is 0 Å². The Morgan fingerprint density at radius 3 is 2.83 bits per heavy atom. The van der Waals surface area contributed by atoms with Crippen LogP contribution in [0.4, 0.5) is 0 Å². The Morgan fingerprint density at radius 1 is 1.50 bits per heavy atom. The molecule has 1 aromatic heterocycles. The second-order valence-corrected chi connectivity index (χ2v) is 4.93. The molecule has 1 fully saturated rings. The number of aromatic nitrogens is 2. The third kappa shape index (κ3) is 2.90. The first kappa shape index (κ1) is 13.1. The summed E-state index contributed by atoms with van der Waals surface area (Å²) in [6.07, 6.45) is 9.12. The number of rotatable bonds is 3. The first-order chi connectivity index (χ1) is 8.74. The van der Waals surface area contributed by atoms with Crippen molar-refractivity contribution in [3.63, 3.8) is 0 Å². The summed E-state index contributed by atoms with van der Waals surface area (Å²) in [5.74, 6) is 6.42. The summed E-state index contributed by atoms with van der Waals surface area (Å²) in [7, 11) is 1.93. The number of aliphatic imine (C=N–C) groups is 1. The van der Waals surface area contributed by atoms with Crippen LogP contribution in [0, 0.1) is 0 Å². The molecule has 5 heteroatoms. The topological polar surface area (TPSA) is 68.2 Å². The van der Waals surface area contributed by atoms with Crippen LogP contribution >= 0.6 is 0 Å². The average molecular weight is 249 g/mol. The number of hydrogen-bond acceptors (Lipinski definition) is 3. The van der Waals surface area contributed by atoms with Gasteiger partial charge in [0.1, 0.15) is 5.84 Å². The lowest BCUT2D eigenvalue weighted by Gasteiger charge is -2.19. The predicted molar refractivity (Wildman–Crippen MR) is 73.3 cm³/mol. The maximum atomic E-state index is 5.64. The minimum absolute atomic E-state index is 0.412. The van der Waals surface area contributed by atoms with Crippen LogP contribution in [0.2, 0.25) is 0 Å². The van der Waals surface area contributed by atoms with E-state index in [9.17, 15) is 0 Å². The Morgan fingerprint density at radius 2 is 2.22 bits per heavy atom. The van der Waals surface area contributed by atoms with Gasteiger partial charge in [-0.1, -0.05) is 26.2 Å². The molecule has 18 heavy (non-hydrogen) atoms. The SMILES string of the molecule is CCc1nn(C)cc1C(=NC1CCCCC1)NN. The van der Waals surface area contributed by atoms with Gasteiger partial charge in [-0.15, -0.1) is 0 Å². The largest absolute Gasteiger partial charge is 0.308 e. The molecule has 0 atom stereocenters. The van der Waals surface area contributed by atoms with Crippen molar-refractivity contribution in [2.45, 2.75) is 51.5 Å². The van der Waals surface area contributed by atoms with Gasteiger partial charge >= 0.3 is 0 Å². The highest BCUT2D eigenvalue weighted by atomic mass is 15.3. The zero-order valence-corrected chi connectivity index (χ0v) is 11.3. The molecule has 0 amide bonds. The van der Waals surface area contributed by atoms with Gasteiger partial charge in [-0.3, -0.25) is 9.67 Å². The van der Waals surface area contributed by atoms with E-state index in [0.29, 0.717) is 6.04 Å². The third-order valence-corrected chi connectivity index (χ3v) is 3.52. The number of nitrogens with two attached hydrogens (primary N) is 1. The Kier molecular flexibility index (Phi) is 4.36. The minimum Gasteiger partial charge on any atom is -0.308 e. The van der Waals surface area contributed by atoms with Crippen LogP contribution in [0.5, 0.6) is 0 Å². The molecule has 0 unspecified atom stereocenters. The van der Waals surface area contributed by atoms with Gasteiger partial charge < -0.3 is 5.43 Å². The molecule has 1 aliphatic rings. The van der Waals surface area contributed by atoms with Gasteiger partial charge in [0.05, 0.1) is 17.3 Å². The zero-order chi connectivity index (χ0) is 13.0. The van der Waals surface area contributed by atoms with E-state index in [1.54, 1.807) is 0 Å². The Balaban J connectivity index is 2.23. The van der Waals surface area contributed by atoms with E-state index in [4.69, 9.17) is 10.8 Å². The number of aryl methyl sites for hydroxylation is 2. The summed E-state index contributed by atoms with van der Waals surface area (Å²) < 4.78 is 1.82. The van der Waals surface area contributed by atoms with Gasteiger partial charge in [0.25, 0.3) is 0 Å². The maximum Gasteiger partial charge on any atom is 0.146 e. The lowest BCUT2D eigenvalue weighted by atomic mass is 9.96. The van der Waals surface area contributed by atoms with Crippen LogP contribution in [-0.4, -0.2) is 21.7 Å². The van der Waals surface area contributed by atoms with Gasteiger partial charge in [-0.25, -0.2) is 5.84 Å². The molecule has 0 spiro atoms. The first-order valence-corrected chi connectivity index (χ1v) is 6.82. The van der Waals surface area contributed by atoms with E-state index in [2.05, 4.69) is 17.4 Å². The molecule has 0 bridgehead atoms. The van der Waals surface area contributed by atoms with Crippen LogP contribution in [0.3, 0.4) is 0 Å². The van der Waals surface area contributed by atoms with E-state index in [0.717, 1.165) is 23.5 Å². The van der Waals surface area contributed by atoms with Gasteiger partial charge in [0.2, 0.25) is 0 Å². The quantitative estimate of drug-likeness (QED) is 0.369. The Bertz CT molecular complexity index is 415. The van der Waals surface area contributed by atoms with Gasteiger partial charge in [0, 0.05) is 13.2 Å². The predicted octanol–water partition coefficient (Wildman–Crippen LogP) is 1.53.